The van der Waals surface area contributed by atoms with Crippen LogP contribution in [0, 0.1) is 17.0 Å². The van der Waals surface area contributed by atoms with Crippen molar-refractivity contribution in [3.05, 3.63) is 67.2 Å². The Balaban J connectivity index is 2.40. The van der Waals surface area contributed by atoms with Gasteiger partial charge in [0.15, 0.2) is 0 Å². The van der Waals surface area contributed by atoms with Gasteiger partial charge in [-0.15, -0.1) is 0 Å². The third-order valence-electron chi connectivity index (χ3n) is 3.14. The summed E-state index contributed by atoms with van der Waals surface area (Å²) in [6.45, 7) is 1.53. The van der Waals surface area contributed by atoms with E-state index >= 15 is 0 Å². The summed E-state index contributed by atoms with van der Waals surface area (Å²) >= 11 is 11.8. The molecule has 0 saturated carbocycles. The van der Waals surface area contributed by atoms with Crippen LogP contribution in [0.25, 0.3) is 0 Å². The summed E-state index contributed by atoms with van der Waals surface area (Å²) in [5.74, 6) is -1.40. The minimum absolute atomic E-state index is 0.0556. The van der Waals surface area contributed by atoms with Gasteiger partial charge in [-0.05, 0) is 24.6 Å². The topological polar surface area (TPSA) is 89.7 Å². The molecule has 0 spiro atoms. The molecule has 120 valence electrons. The molecule has 2 aromatic rings. The third-order valence-corrected chi connectivity index (χ3v) is 3.88. The molecule has 0 heterocycles. The van der Waals surface area contributed by atoms with Crippen LogP contribution in [0.1, 0.15) is 21.5 Å². The van der Waals surface area contributed by atoms with Crippen molar-refractivity contribution >= 4 is 34.9 Å². The Morgan fingerprint density at radius 1 is 1.30 bits per heavy atom. The van der Waals surface area contributed by atoms with Gasteiger partial charge in [-0.1, -0.05) is 35.3 Å². The first kappa shape index (κ1) is 17.1. The van der Waals surface area contributed by atoms with E-state index in [2.05, 4.69) is 0 Å². The zero-order chi connectivity index (χ0) is 17.1. The molecule has 0 unspecified atom stereocenters. The first-order chi connectivity index (χ1) is 10.8. The zero-order valence-electron chi connectivity index (χ0n) is 11.9. The highest BCUT2D eigenvalue weighted by Crippen LogP contribution is 2.38. The van der Waals surface area contributed by atoms with Gasteiger partial charge in [0.2, 0.25) is 5.75 Å². The summed E-state index contributed by atoms with van der Waals surface area (Å²) < 4.78 is 5.51. The maximum Gasteiger partial charge on any atom is 0.337 e. The number of carboxylic acid groups (broad SMARTS) is 1. The van der Waals surface area contributed by atoms with E-state index in [9.17, 15) is 14.9 Å². The summed E-state index contributed by atoms with van der Waals surface area (Å²) in [4.78, 5) is 21.6. The maximum atomic E-state index is 11.2. The average molecular weight is 356 g/mol. The molecular weight excluding hydrogens is 345 g/mol. The molecule has 0 aliphatic carbocycles. The van der Waals surface area contributed by atoms with E-state index in [4.69, 9.17) is 33.0 Å². The van der Waals surface area contributed by atoms with Crippen molar-refractivity contribution in [3.63, 3.8) is 0 Å². The number of nitro groups is 1. The Labute approximate surface area is 141 Å². The lowest BCUT2D eigenvalue weighted by atomic mass is 10.1. The van der Waals surface area contributed by atoms with Crippen LogP contribution in [0.5, 0.6) is 5.75 Å². The summed E-state index contributed by atoms with van der Waals surface area (Å²) in [5.41, 5.74) is 0.168. The predicted molar refractivity (Wildman–Crippen MR) is 85.6 cm³/mol. The van der Waals surface area contributed by atoms with Crippen LogP contribution in [-0.4, -0.2) is 16.0 Å². The number of rotatable bonds is 5. The molecule has 1 N–H and O–H groups in total. The molecule has 2 rings (SSSR count). The lowest BCUT2D eigenvalue weighted by Gasteiger charge is -2.12. The predicted octanol–water partition coefficient (Wildman–Crippen LogP) is 4.49. The van der Waals surface area contributed by atoms with Crippen LogP contribution in [-0.2, 0) is 6.61 Å². The van der Waals surface area contributed by atoms with E-state index in [1.54, 1.807) is 24.3 Å². The van der Waals surface area contributed by atoms with E-state index < -0.39 is 16.6 Å². The first-order valence-electron chi connectivity index (χ1n) is 6.39. The molecule has 0 fully saturated rings. The molecule has 0 radical (unpaired) electrons. The molecule has 23 heavy (non-hydrogen) atoms. The number of nitrogens with zero attached hydrogens (tertiary/aromatic N) is 1. The molecule has 8 heteroatoms. The van der Waals surface area contributed by atoms with E-state index in [1.165, 1.54) is 6.92 Å². The Bertz CT molecular complexity index is 774. The summed E-state index contributed by atoms with van der Waals surface area (Å²) in [6.07, 6.45) is 0. The fourth-order valence-corrected chi connectivity index (χ4v) is 2.32. The number of aromatic carboxylic acids is 1. The smallest absolute Gasteiger partial charge is 0.337 e. The molecular formula is C15H11Cl2NO5. The lowest BCUT2D eigenvalue weighted by Crippen LogP contribution is -2.06. The van der Waals surface area contributed by atoms with Crippen molar-refractivity contribution in [3.8, 4) is 5.75 Å². The van der Waals surface area contributed by atoms with E-state index in [1.807, 2.05) is 0 Å². The monoisotopic (exact) mass is 355 g/mol. The largest absolute Gasteiger partial charge is 0.482 e. The number of carboxylic acids is 1. The van der Waals surface area contributed by atoms with Crippen molar-refractivity contribution in [2.75, 3.05) is 0 Å². The van der Waals surface area contributed by atoms with Crippen LogP contribution in [0.2, 0.25) is 10.0 Å². The van der Waals surface area contributed by atoms with Gasteiger partial charge in [0, 0.05) is 16.7 Å². The molecule has 0 bridgehead atoms. The quantitative estimate of drug-likeness (QED) is 0.630. The van der Waals surface area contributed by atoms with E-state index in [0.29, 0.717) is 5.02 Å². The lowest BCUT2D eigenvalue weighted by molar-refractivity contribution is -0.386. The van der Waals surface area contributed by atoms with Gasteiger partial charge >= 0.3 is 11.7 Å². The van der Waals surface area contributed by atoms with Crippen LogP contribution in [0.3, 0.4) is 0 Å². The van der Waals surface area contributed by atoms with E-state index in [-0.39, 0.29) is 28.5 Å². The van der Waals surface area contributed by atoms with Crippen LogP contribution in [0.15, 0.2) is 30.3 Å². The number of hydrogen-bond acceptors (Lipinski definition) is 4. The summed E-state index contributed by atoms with van der Waals surface area (Å²) in [5, 5.41) is 20.7. The minimum Gasteiger partial charge on any atom is -0.482 e. The fourth-order valence-electron chi connectivity index (χ4n) is 1.97. The normalized spacial score (nSPS) is 10.4. The fraction of sp³-hybridized carbons (Fsp3) is 0.133. The summed E-state index contributed by atoms with van der Waals surface area (Å²) in [6, 6.07) is 7.67. The SMILES string of the molecule is Cc1c(Cl)c(C(=O)O)cc([N+](=O)[O-])c1OCc1ccc(Cl)cc1. The first-order valence-corrected chi connectivity index (χ1v) is 7.15. The van der Waals surface area contributed by atoms with Gasteiger partial charge in [-0.25, -0.2) is 4.79 Å². The van der Waals surface area contributed by atoms with Crippen molar-refractivity contribution in [1.82, 2.24) is 0 Å². The maximum absolute atomic E-state index is 11.2. The van der Waals surface area contributed by atoms with Crippen molar-refractivity contribution in [1.29, 1.82) is 0 Å². The molecule has 0 aliphatic heterocycles. The zero-order valence-corrected chi connectivity index (χ0v) is 13.4. The standard InChI is InChI=1S/C15H11Cl2NO5/c1-8-13(17)11(15(19)20)6-12(18(21)22)14(8)23-7-9-2-4-10(16)5-3-9/h2-6H,7H2,1H3,(H,19,20). The highest BCUT2D eigenvalue weighted by molar-refractivity contribution is 6.34. The van der Waals surface area contributed by atoms with E-state index in [0.717, 1.165) is 11.6 Å². The van der Waals surface area contributed by atoms with Crippen LogP contribution >= 0.6 is 23.2 Å². The highest BCUT2D eigenvalue weighted by atomic mass is 35.5. The second-order valence-electron chi connectivity index (χ2n) is 4.69. The molecule has 2 aromatic carbocycles. The van der Waals surface area contributed by atoms with Crippen LogP contribution in [0.4, 0.5) is 5.69 Å². The number of carbonyl (C=O) groups is 1. The summed E-state index contributed by atoms with van der Waals surface area (Å²) in [7, 11) is 0. The van der Waals surface area contributed by atoms with Crippen molar-refractivity contribution in [2.24, 2.45) is 0 Å². The molecule has 0 aliphatic rings. The molecule has 0 aromatic heterocycles. The molecule has 0 amide bonds. The van der Waals surface area contributed by atoms with Gasteiger partial charge in [0.25, 0.3) is 0 Å². The Morgan fingerprint density at radius 3 is 2.43 bits per heavy atom. The van der Waals surface area contributed by atoms with Crippen LogP contribution < -0.4 is 4.74 Å². The minimum atomic E-state index is -1.34. The van der Waals surface area contributed by atoms with Gasteiger partial charge in [-0.3, -0.25) is 10.1 Å². The Kier molecular flexibility index (Phi) is 5.08. The molecule has 0 atom stereocenters. The van der Waals surface area contributed by atoms with Crippen molar-refractivity contribution in [2.45, 2.75) is 13.5 Å². The number of nitro benzene ring substituents is 1. The number of halogens is 2. The second kappa shape index (κ2) is 6.85. The Hall–Kier alpha value is -2.31. The van der Waals surface area contributed by atoms with Gasteiger partial charge < -0.3 is 9.84 Å². The molecule has 6 nitrogen and oxygen atoms in total. The number of hydrogen-bond donors (Lipinski definition) is 1. The van der Waals surface area contributed by atoms with Gasteiger partial charge in [0.05, 0.1) is 15.5 Å². The Morgan fingerprint density at radius 2 is 1.91 bits per heavy atom. The van der Waals surface area contributed by atoms with Gasteiger partial charge in [-0.2, -0.15) is 0 Å². The number of benzene rings is 2. The second-order valence-corrected chi connectivity index (χ2v) is 5.50. The highest BCUT2D eigenvalue weighted by Gasteiger charge is 2.25. The number of ether oxygens (including phenoxy) is 1. The molecule has 0 saturated heterocycles. The average Bonchev–Trinajstić information content (AvgIpc) is 2.49. The third kappa shape index (κ3) is 3.72. The van der Waals surface area contributed by atoms with Crippen molar-refractivity contribution < 1.29 is 19.6 Å². The van der Waals surface area contributed by atoms with Gasteiger partial charge in [0.1, 0.15) is 6.61 Å².